The fourth-order valence-corrected chi connectivity index (χ4v) is 3.31. The Morgan fingerprint density at radius 3 is 2.48 bits per heavy atom. The number of carbonyl (C=O) groups excluding carboxylic acids is 1. The lowest BCUT2D eigenvalue weighted by Crippen LogP contribution is -2.19. The predicted octanol–water partition coefficient (Wildman–Crippen LogP) is 4.85. The van der Waals surface area contributed by atoms with Crippen molar-refractivity contribution in [3.8, 4) is 0 Å². The molecule has 5 heteroatoms. The SMILES string of the molecule is Cc1cccc(C)c1N=C1NC(=O)/C(=C\c2ccccc2Cl)S1. The van der Waals surface area contributed by atoms with Crippen LogP contribution in [0, 0.1) is 13.8 Å². The van der Waals surface area contributed by atoms with Crippen LogP contribution >= 0.6 is 23.4 Å². The lowest BCUT2D eigenvalue weighted by molar-refractivity contribution is -0.115. The molecule has 1 amide bonds. The monoisotopic (exact) mass is 342 g/mol. The van der Waals surface area contributed by atoms with Crippen molar-refractivity contribution in [2.24, 2.45) is 4.99 Å². The Morgan fingerprint density at radius 2 is 1.78 bits per heavy atom. The van der Waals surface area contributed by atoms with Crippen molar-refractivity contribution in [3.05, 3.63) is 69.1 Å². The summed E-state index contributed by atoms with van der Waals surface area (Å²) in [6.07, 6.45) is 1.79. The fraction of sp³-hybridized carbons (Fsp3) is 0.111. The number of rotatable bonds is 2. The highest BCUT2D eigenvalue weighted by Crippen LogP contribution is 2.31. The molecule has 1 saturated heterocycles. The molecule has 3 nitrogen and oxygen atoms in total. The molecule has 0 spiro atoms. The summed E-state index contributed by atoms with van der Waals surface area (Å²) >= 11 is 7.47. The Bertz CT molecular complexity index is 822. The fourth-order valence-electron chi connectivity index (χ4n) is 2.30. The van der Waals surface area contributed by atoms with Crippen LogP contribution in [-0.2, 0) is 4.79 Å². The average molecular weight is 343 g/mol. The summed E-state index contributed by atoms with van der Waals surface area (Å²) in [4.78, 5) is 17.3. The Hall–Kier alpha value is -2.04. The minimum absolute atomic E-state index is 0.153. The molecule has 116 valence electrons. The zero-order chi connectivity index (χ0) is 16.4. The normalized spacial score (nSPS) is 17.8. The number of aryl methyl sites for hydroxylation is 2. The Morgan fingerprint density at radius 1 is 1.09 bits per heavy atom. The van der Waals surface area contributed by atoms with Crippen molar-refractivity contribution in [2.45, 2.75) is 13.8 Å². The van der Waals surface area contributed by atoms with E-state index in [2.05, 4.69) is 10.3 Å². The number of thioether (sulfide) groups is 1. The van der Waals surface area contributed by atoms with Gasteiger partial charge in [-0.2, -0.15) is 0 Å². The molecule has 0 aliphatic carbocycles. The van der Waals surface area contributed by atoms with E-state index in [-0.39, 0.29) is 5.91 Å². The van der Waals surface area contributed by atoms with Crippen LogP contribution in [0.15, 0.2) is 52.4 Å². The van der Waals surface area contributed by atoms with E-state index in [4.69, 9.17) is 11.6 Å². The lowest BCUT2D eigenvalue weighted by Gasteiger charge is -2.04. The molecule has 1 heterocycles. The number of amides is 1. The Labute approximate surface area is 144 Å². The second-order valence-corrected chi connectivity index (χ2v) is 6.68. The van der Waals surface area contributed by atoms with E-state index in [0.29, 0.717) is 15.1 Å². The van der Waals surface area contributed by atoms with Crippen molar-refractivity contribution in [3.63, 3.8) is 0 Å². The van der Waals surface area contributed by atoms with Crippen LogP contribution in [0.1, 0.15) is 16.7 Å². The van der Waals surface area contributed by atoms with Gasteiger partial charge in [-0.3, -0.25) is 4.79 Å². The van der Waals surface area contributed by atoms with Gasteiger partial charge in [0.2, 0.25) is 0 Å². The van der Waals surface area contributed by atoms with E-state index >= 15 is 0 Å². The molecule has 1 aliphatic rings. The number of carbonyl (C=O) groups is 1. The highest BCUT2D eigenvalue weighted by molar-refractivity contribution is 8.18. The van der Waals surface area contributed by atoms with Gasteiger partial charge in [-0.1, -0.05) is 48.0 Å². The minimum atomic E-state index is -0.153. The van der Waals surface area contributed by atoms with E-state index in [0.717, 1.165) is 22.4 Å². The molecular weight excluding hydrogens is 328 g/mol. The number of hydrogen-bond donors (Lipinski definition) is 1. The van der Waals surface area contributed by atoms with Crippen LogP contribution in [0.2, 0.25) is 5.02 Å². The molecule has 23 heavy (non-hydrogen) atoms. The number of amidine groups is 1. The van der Waals surface area contributed by atoms with Gasteiger partial charge >= 0.3 is 0 Å². The Balaban J connectivity index is 1.91. The number of nitrogens with zero attached hydrogens (tertiary/aromatic N) is 1. The second kappa shape index (κ2) is 6.60. The average Bonchev–Trinajstić information content (AvgIpc) is 2.85. The highest BCUT2D eigenvalue weighted by Gasteiger charge is 2.24. The van der Waals surface area contributed by atoms with Crippen molar-refractivity contribution >= 4 is 46.2 Å². The zero-order valence-corrected chi connectivity index (χ0v) is 14.3. The molecule has 1 aliphatic heterocycles. The van der Waals surface area contributed by atoms with Gasteiger partial charge in [-0.15, -0.1) is 0 Å². The van der Waals surface area contributed by atoms with E-state index in [9.17, 15) is 4.79 Å². The van der Waals surface area contributed by atoms with Gasteiger partial charge in [0.05, 0.1) is 10.6 Å². The molecule has 0 saturated carbocycles. The van der Waals surface area contributed by atoms with E-state index < -0.39 is 0 Å². The molecule has 0 unspecified atom stereocenters. The topological polar surface area (TPSA) is 41.5 Å². The van der Waals surface area contributed by atoms with E-state index in [1.807, 2.05) is 50.2 Å². The lowest BCUT2D eigenvalue weighted by atomic mass is 10.1. The molecule has 2 aromatic rings. The van der Waals surface area contributed by atoms with Crippen molar-refractivity contribution in [2.75, 3.05) is 0 Å². The highest BCUT2D eigenvalue weighted by atomic mass is 35.5. The van der Waals surface area contributed by atoms with Crippen molar-refractivity contribution in [1.82, 2.24) is 5.32 Å². The van der Waals surface area contributed by atoms with Crippen LogP contribution in [0.4, 0.5) is 5.69 Å². The van der Waals surface area contributed by atoms with Gasteiger partial charge in [0.15, 0.2) is 5.17 Å². The molecule has 0 radical (unpaired) electrons. The maximum atomic E-state index is 12.1. The number of hydrogen-bond acceptors (Lipinski definition) is 3. The van der Waals surface area contributed by atoms with Gasteiger partial charge in [0.1, 0.15) is 0 Å². The van der Waals surface area contributed by atoms with Gasteiger partial charge < -0.3 is 5.32 Å². The van der Waals surface area contributed by atoms with E-state index in [1.165, 1.54) is 11.8 Å². The first-order chi connectivity index (χ1) is 11.0. The molecule has 3 rings (SSSR count). The number of halogens is 1. The molecule has 0 bridgehead atoms. The van der Waals surface area contributed by atoms with Crippen LogP contribution in [0.5, 0.6) is 0 Å². The van der Waals surface area contributed by atoms with Gasteiger partial charge in [0.25, 0.3) is 5.91 Å². The van der Waals surface area contributed by atoms with Crippen LogP contribution < -0.4 is 5.32 Å². The third kappa shape index (κ3) is 3.49. The number of nitrogens with one attached hydrogen (secondary N) is 1. The summed E-state index contributed by atoms with van der Waals surface area (Å²) in [5, 5.41) is 4.02. The van der Waals surface area contributed by atoms with Crippen LogP contribution in [0.3, 0.4) is 0 Å². The summed E-state index contributed by atoms with van der Waals surface area (Å²) in [7, 11) is 0. The van der Waals surface area contributed by atoms with Gasteiger partial charge in [0, 0.05) is 5.02 Å². The quantitative estimate of drug-likeness (QED) is 0.793. The number of aliphatic imine (C=N–C) groups is 1. The molecule has 2 aromatic carbocycles. The first-order valence-electron chi connectivity index (χ1n) is 7.15. The van der Waals surface area contributed by atoms with Crippen LogP contribution in [0.25, 0.3) is 6.08 Å². The molecule has 1 N–H and O–H groups in total. The molecular formula is C18H15ClN2OS. The first-order valence-corrected chi connectivity index (χ1v) is 8.34. The third-order valence-corrected chi connectivity index (χ3v) is 4.75. The summed E-state index contributed by atoms with van der Waals surface area (Å²) < 4.78 is 0. The number of benzene rings is 2. The Kier molecular flexibility index (Phi) is 4.55. The van der Waals surface area contributed by atoms with Gasteiger partial charge in [-0.25, -0.2) is 4.99 Å². The van der Waals surface area contributed by atoms with Gasteiger partial charge in [-0.05, 0) is 54.4 Å². The van der Waals surface area contributed by atoms with Crippen molar-refractivity contribution in [1.29, 1.82) is 0 Å². The molecule has 1 fully saturated rings. The van der Waals surface area contributed by atoms with Crippen molar-refractivity contribution < 1.29 is 4.79 Å². The largest absolute Gasteiger partial charge is 0.300 e. The summed E-state index contributed by atoms with van der Waals surface area (Å²) in [5.41, 5.74) is 3.88. The zero-order valence-electron chi connectivity index (χ0n) is 12.8. The van der Waals surface area contributed by atoms with Crippen LogP contribution in [-0.4, -0.2) is 11.1 Å². The summed E-state index contributed by atoms with van der Waals surface area (Å²) in [5.74, 6) is -0.153. The maximum Gasteiger partial charge on any atom is 0.264 e. The minimum Gasteiger partial charge on any atom is -0.300 e. The number of para-hydroxylation sites is 1. The third-order valence-electron chi connectivity index (χ3n) is 3.50. The standard InChI is InChI=1S/C18H15ClN2OS/c1-11-6-5-7-12(2)16(11)20-18-21-17(22)15(23-18)10-13-8-3-4-9-14(13)19/h3-10H,1-2H3,(H,20,21,22)/b15-10+. The molecule has 0 aromatic heterocycles. The maximum absolute atomic E-state index is 12.1. The summed E-state index contributed by atoms with van der Waals surface area (Å²) in [6.45, 7) is 4.02. The summed E-state index contributed by atoms with van der Waals surface area (Å²) in [6, 6.07) is 13.4. The smallest absolute Gasteiger partial charge is 0.264 e. The first kappa shape index (κ1) is 15.8. The second-order valence-electron chi connectivity index (χ2n) is 5.24. The predicted molar refractivity (Wildman–Crippen MR) is 98.2 cm³/mol. The molecule has 0 atom stereocenters. The van der Waals surface area contributed by atoms with E-state index in [1.54, 1.807) is 12.1 Å².